The number of halogens is 1. The van der Waals surface area contributed by atoms with Gasteiger partial charge in [0.2, 0.25) is 0 Å². The molecule has 1 aliphatic rings. The molecule has 0 heterocycles. The van der Waals surface area contributed by atoms with Crippen LogP contribution in [0.1, 0.15) is 24.8 Å². The molecule has 1 saturated carbocycles. The SMILES string of the molecule is N/C(CC1(COCc2ccccc2Br)CC1)=N/O. The number of amidine groups is 1. The van der Waals surface area contributed by atoms with Gasteiger partial charge in [-0.2, -0.15) is 0 Å². The monoisotopic (exact) mass is 312 g/mol. The number of hydrogen-bond acceptors (Lipinski definition) is 3. The van der Waals surface area contributed by atoms with E-state index in [2.05, 4.69) is 21.1 Å². The van der Waals surface area contributed by atoms with E-state index in [1.165, 1.54) is 0 Å². The molecule has 1 fully saturated rings. The van der Waals surface area contributed by atoms with Gasteiger partial charge in [-0.25, -0.2) is 0 Å². The molecule has 5 heteroatoms. The summed E-state index contributed by atoms with van der Waals surface area (Å²) < 4.78 is 6.81. The number of nitrogens with zero attached hydrogens (tertiary/aromatic N) is 1. The minimum Gasteiger partial charge on any atom is -0.409 e. The molecule has 0 amide bonds. The van der Waals surface area contributed by atoms with Crippen LogP contribution in [0.5, 0.6) is 0 Å². The third kappa shape index (κ3) is 3.46. The lowest BCUT2D eigenvalue weighted by Gasteiger charge is -2.14. The molecule has 98 valence electrons. The molecule has 0 saturated heterocycles. The first-order chi connectivity index (χ1) is 8.65. The van der Waals surface area contributed by atoms with Gasteiger partial charge in [-0.05, 0) is 24.5 Å². The van der Waals surface area contributed by atoms with Gasteiger partial charge in [-0.3, -0.25) is 0 Å². The van der Waals surface area contributed by atoms with Crippen LogP contribution in [-0.4, -0.2) is 17.6 Å². The van der Waals surface area contributed by atoms with Crippen LogP contribution in [-0.2, 0) is 11.3 Å². The Balaban J connectivity index is 1.81. The maximum atomic E-state index is 8.58. The van der Waals surface area contributed by atoms with Gasteiger partial charge in [0.05, 0.1) is 13.2 Å². The van der Waals surface area contributed by atoms with Crippen molar-refractivity contribution in [1.29, 1.82) is 0 Å². The molecule has 3 N–H and O–H groups in total. The highest BCUT2D eigenvalue weighted by molar-refractivity contribution is 9.10. The quantitative estimate of drug-likeness (QED) is 0.367. The predicted molar refractivity (Wildman–Crippen MR) is 73.5 cm³/mol. The molecule has 18 heavy (non-hydrogen) atoms. The van der Waals surface area contributed by atoms with Crippen molar-refractivity contribution in [1.82, 2.24) is 0 Å². The summed E-state index contributed by atoms with van der Waals surface area (Å²) in [6, 6.07) is 8.01. The topological polar surface area (TPSA) is 67.8 Å². The van der Waals surface area contributed by atoms with Crippen molar-refractivity contribution in [2.75, 3.05) is 6.61 Å². The summed E-state index contributed by atoms with van der Waals surface area (Å²) >= 11 is 3.49. The molecule has 1 aliphatic carbocycles. The lowest BCUT2D eigenvalue weighted by atomic mass is 10.0. The molecule has 0 atom stereocenters. The van der Waals surface area contributed by atoms with E-state index >= 15 is 0 Å². The maximum Gasteiger partial charge on any atom is 0.139 e. The van der Waals surface area contributed by atoms with Crippen molar-refractivity contribution < 1.29 is 9.94 Å². The summed E-state index contributed by atoms with van der Waals surface area (Å²) in [4.78, 5) is 0. The van der Waals surface area contributed by atoms with Gasteiger partial charge in [-0.1, -0.05) is 39.3 Å². The third-order valence-electron chi connectivity index (χ3n) is 3.27. The summed E-state index contributed by atoms with van der Waals surface area (Å²) in [6.45, 7) is 1.24. The van der Waals surface area contributed by atoms with Crippen LogP contribution in [0.4, 0.5) is 0 Å². The lowest BCUT2D eigenvalue weighted by molar-refractivity contribution is 0.0797. The summed E-state index contributed by atoms with van der Waals surface area (Å²) in [5, 5.41) is 11.6. The molecular formula is C13H17BrN2O2. The van der Waals surface area contributed by atoms with Crippen molar-refractivity contribution in [2.24, 2.45) is 16.3 Å². The first kappa shape index (κ1) is 13.4. The average Bonchev–Trinajstić information content (AvgIpc) is 3.11. The molecule has 1 aromatic rings. The first-order valence-electron chi connectivity index (χ1n) is 5.93. The van der Waals surface area contributed by atoms with Gasteiger partial charge in [0.1, 0.15) is 5.84 Å². The largest absolute Gasteiger partial charge is 0.409 e. The lowest BCUT2D eigenvalue weighted by Crippen LogP contribution is -2.21. The van der Waals surface area contributed by atoms with E-state index in [9.17, 15) is 0 Å². The van der Waals surface area contributed by atoms with Gasteiger partial charge in [0, 0.05) is 16.3 Å². The van der Waals surface area contributed by atoms with Crippen LogP contribution in [0.15, 0.2) is 33.9 Å². The normalized spacial score (nSPS) is 17.7. The third-order valence-corrected chi connectivity index (χ3v) is 4.04. The van der Waals surface area contributed by atoms with E-state index in [-0.39, 0.29) is 11.3 Å². The van der Waals surface area contributed by atoms with Crippen molar-refractivity contribution in [2.45, 2.75) is 25.9 Å². The highest BCUT2D eigenvalue weighted by Gasteiger charge is 2.43. The number of benzene rings is 1. The van der Waals surface area contributed by atoms with E-state index in [4.69, 9.17) is 15.7 Å². The fraction of sp³-hybridized carbons (Fsp3) is 0.462. The number of ether oxygens (including phenoxy) is 1. The van der Waals surface area contributed by atoms with Crippen LogP contribution in [0.3, 0.4) is 0 Å². The zero-order valence-corrected chi connectivity index (χ0v) is 11.7. The maximum absolute atomic E-state index is 8.58. The molecular weight excluding hydrogens is 296 g/mol. The second-order valence-corrected chi connectivity index (χ2v) is 5.71. The van der Waals surface area contributed by atoms with Gasteiger partial charge in [-0.15, -0.1) is 0 Å². The highest BCUT2D eigenvalue weighted by Crippen LogP contribution is 2.49. The van der Waals surface area contributed by atoms with Crippen LogP contribution < -0.4 is 5.73 Å². The van der Waals surface area contributed by atoms with Gasteiger partial charge in [0.15, 0.2) is 0 Å². The van der Waals surface area contributed by atoms with E-state index in [0.717, 1.165) is 22.9 Å². The molecule has 2 rings (SSSR count). The van der Waals surface area contributed by atoms with Gasteiger partial charge < -0.3 is 15.7 Å². The number of hydrogen-bond donors (Lipinski definition) is 2. The Morgan fingerprint density at radius 3 is 2.78 bits per heavy atom. The van der Waals surface area contributed by atoms with Crippen LogP contribution in [0.2, 0.25) is 0 Å². The average molecular weight is 313 g/mol. The van der Waals surface area contributed by atoms with Gasteiger partial charge >= 0.3 is 0 Å². The van der Waals surface area contributed by atoms with E-state index in [1.807, 2.05) is 24.3 Å². The van der Waals surface area contributed by atoms with Crippen molar-refractivity contribution in [3.05, 3.63) is 34.3 Å². The van der Waals surface area contributed by atoms with Gasteiger partial charge in [0.25, 0.3) is 0 Å². The summed E-state index contributed by atoms with van der Waals surface area (Å²) in [6.07, 6.45) is 2.78. The van der Waals surface area contributed by atoms with E-state index in [0.29, 0.717) is 19.6 Å². The fourth-order valence-corrected chi connectivity index (χ4v) is 2.36. The molecule has 0 radical (unpaired) electrons. The Morgan fingerprint density at radius 2 is 2.17 bits per heavy atom. The number of nitrogens with two attached hydrogens (primary N) is 1. The Labute approximate surface area is 115 Å². The zero-order valence-electron chi connectivity index (χ0n) is 10.1. The number of oxime groups is 1. The molecule has 1 aromatic carbocycles. The molecule has 0 unspecified atom stereocenters. The standard InChI is InChI=1S/C13H17BrN2O2/c14-11-4-2-1-3-10(11)8-18-9-13(5-6-13)7-12(15)16-17/h1-4,17H,5-9H2,(H2,15,16). The summed E-state index contributed by atoms with van der Waals surface area (Å²) in [5.41, 5.74) is 6.77. The summed E-state index contributed by atoms with van der Waals surface area (Å²) in [5.74, 6) is 0.289. The van der Waals surface area contributed by atoms with Crippen LogP contribution in [0, 0.1) is 5.41 Å². The smallest absolute Gasteiger partial charge is 0.139 e. The van der Waals surface area contributed by atoms with Crippen molar-refractivity contribution >= 4 is 21.8 Å². The Morgan fingerprint density at radius 1 is 1.44 bits per heavy atom. The number of rotatable bonds is 6. The molecule has 4 nitrogen and oxygen atoms in total. The second kappa shape index (κ2) is 5.71. The summed E-state index contributed by atoms with van der Waals surface area (Å²) in [7, 11) is 0. The van der Waals surface area contributed by atoms with Crippen LogP contribution >= 0.6 is 15.9 Å². The first-order valence-corrected chi connectivity index (χ1v) is 6.72. The fourth-order valence-electron chi connectivity index (χ4n) is 1.96. The van der Waals surface area contributed by atoms with Crippen LogP contribution in [0.25, 0.3) is 0 Å². The molecule has 0 aliphatic heterocycles. The highest BCUT2D eigenvalue weighted by atomic mass is 79.9. The van der Waals surface area contributed by atoms with Crippen molar-refractivity contribution in [3.63, 3.8) is 0 Å². The second-order valence-electron chi connectivity index (χ2n) is 4.85. The molecule has 0 spiro atoms. The predicted octanol–water partition coefficient (Wildman–Crippen LogP) is 2.88. The Bertz CT molecular complexity index is 444. The van der Waals surface area contributed by atoms with Crippen molar-refractivity contribution in [3.8, 4) is 0 Å². The molecule has 0 bridgehead atoms. The van der Waals surface area contributed by atoms with E-state index < -0.39 is 0 Å². The minimum atomic E-state index is 0.0948. The van der Waals surface area contributed by atoms with E-state index in [1.54, 1.807) is 0 Å². The Hall–Kier alpha value is -1.07. The molecule has 0 aromatic heterocycles. The minimum absolute atomic E-state index is 0.0948. The zero-order chi connectivity index (χ0) is 13.0. The Kier molecular flexibility index (Phi) is 4.24.